The number of carbonyl (C=O) groups excluding carboxylic acids is 2. The monoisotopic (exact) mass is 331 g/mol. The van der Waals surface area contributed by atoms with Crippen LogP contribution in [0.3, 0.4) is 0 Å². The molecule has 1 aromatic carbocycles. The van der Waals surface area contributed by atoms with Crippen LogP contribution >= 0.6 is 0 Å². The molecule has 0 amide bonds. The predicted octanol–water partition coefficient (Wildman–Crippen LogP) is 3.58. The van der Waals surface area contributed by atoms with Crippen molar-refractivity contribution in [3.63, 3.8) is 0 Å². The number of ether oxygens (including phenoxy) is 1. The van der Waals surface area contributed by atoms with E-state index >= 15 is 0 Å². The van der Waals surface area contributed by atoms with Crippen molar-refractivity contribution in [3.8, 4) is 5.75 Å². The lowest BCUT2D eigenvalue weighted by atomic mass is 9.69. The molecule has 0 saturated carbocycles. The first-order valence-electron chi connectivity index (χ1n) is 8.74. The van der Waals surface area contributed by atoms with Gasteiger partial charge in [-0.2, -0.15) is 0 Å². The summed E-state index contributed by atoms with van der Waals surface area (Å²) < 4.78 is 5.53. The van der Waals surface area contributed by atoms with E-state index in [4.69, 9.17) is 4.74 Å². The highest BCUT2D eigenvalue weighted by Crippen LogP contribution is 2.38. The third-order valence-corrected chi connectivity index (χ3v) is 4.91. The normalized spacial score (nSPS) is 18.2. The molecule has 0 aromatic heterocycles. The largest absolute Gasteiger partial charge is 0.426 e. The minimum Gasteiger partial charge on any atom is -0.426 e. The Bertz CT molecular complexity index is 608. The molecule has 0 bridgehead atoms. The summed E-state index contributed by atoms with van der Waals surface area (Å²) in [6.07, 6.45) is 2.15. The summed E-state index contributed by atoms with van der Waals surface area (Å²) in [5.41, 5.74) is -0.0343. The smallest absolute Gasteiger partial charge is 0.316 e. The van der Waals surface area contributed by atoms with Crippen LogP contribution in [0.2, 0.25) is 0 Å². The summed E-state index contributed by atoms with van der Waals surface area (Å²) in [6, 6.07) is 7.53. The molecule has 0 spiro atoms. The highest BCUT2D eigenvalue weighted by Gasteiger charge is 2.41. The molecule has 1 heterocycles. The second kappa shape index (κ2) is 7.06. The maximum Gasteiger partial charge on any atom is 0.316 e. The van der Waals surface area contributed by atoms with Crippen LogP contribution in [-0.2, 0) is 15.0 Å². The summed E-state index contributed by atoms with van der Waals surface area (Å²) in [6.45, 7) is 9.22. The number of esters is 1. The molecule has 2 rings (SSSR count). The molecule has 1 aromatic rings. The summed E-state index contributed by atoms with van der Waals surface area (Å²) in [4.78, 5) is 27.2. The van der Waals surface area contributed by atoms with E-state index in [0.29, 0.717) is 12.2 Å². The van der Waals surface area contributed by atoms with Crippen LogP contribution in [-0.4, -0.2) is 36.8 Å². The first kappa shape index (κ1) is 18.7. The second-order valence-corrected chi connectivity index (χ2v) is 7.83. The highest BCUT2D eigenvalue weighted by molar-refractivity contribution is 5.90. The first-order valence-corrected chi connectivity index (χ1v) is 8.74. The molecule has 24 heavy (non-hydrogen) atoms. The number of hydrogen-bond donors (Lipinski definition) is 0. The van der Waals surface area contributed by atoms with Crippen LogP contribution in [0, 0.1) is 5.41 Å². The van der Waals surface area contributed by atoms with Gasteiger partial charge >= 0.3 is 5.97 Å². The number of piperidine rings is 1. The second-order valence-electron chi connectivity index (χ2n) is 7.83. The summed E-state index contributed by atoms with van der Waals surface area (Å²) in [7, 11) is 2.09. The fourth-order valence-electron chi connectivity index (χ4n) is 3.18. The van der Waals surface area contributed by atoms with Crippen molar-refractivity contribution in [1.29, 1.82) is 0 Å². The van der Waals surface area contributed by atoms with Crippen molar-refractivity contribution < 1.29 is 14.3 Å². The minimum absolute atomic E-state index is 0.265. The summed E-state index contributed by atoms with van der Waals surface area (Å²) in [5.74, 6) is 0.531. The fourth-order valence-corrected chi connectivity index (χ4v) is 3.18. The SMILES string of the molecule is CCC(=O)C1(c2cccc(OC(=O)C(C)(C)C)c2)CCN(C)CC1. The van der Waals surface area contributed by atoms with Gasteiger partial charge in [-0.1, -0.05) is 19.1 Å². The maximum absolute atomic E-state index is 12.8. The molecule has 4 nitrogen and oxygen atoms in total. The molecule has 1 aliphatic rings. The van der Waals surface area contributed by atoms with Gasteiger partial charge < -0.3 is 9.64 Å². The first-order chi connectivity index (χ1) is 11.2. The Labute approximate surface area is 145 Å². The molecule has 0 unspecified atom stereocenters. The number of Topliss-reactive ketones (excluding diaryl/α,β-unsaturated/α-hetero) is 1. The molecular weight excluding hydrogens is 302 g/mol. The third kappa shape index (κ3) is 3.86. The Morgan fingerprint density at radius 2 is 1.83 bits per heavy atom. The van der Waals surface area contributed by atoms with E-state index in [9.17, 15) is 9.59 Å². The summed E-state index contributed by atoms with van der Waals surface area (Å²) in [5, 5.41) is 0. The molecule has 1 saturated heterocycles. The van der Waals surface area contributed by atoms with E-state index in [2.05, 4.69) is 11.9 Å². The number of carbonyl (C=O) groups is 2. The minimum atomic E-state index is -0.555. The molecule has 4 heteroatoms. The lowest BCUT2D eigenvalue weighted by Gasteiger charge is -2.40. The van der Waals surface area contributed by atoms with Crippen LogP contribution in [0.15, 0.2) is 24.3 Å². The average molecular weight is 331 g/mol. The number of nitrogens with zero attached hydrogens (tertiary/aromatic N) is 1. The van der Waals surface area contributed by atoms with E-state index in [-0.39, 0.29) is 11.8 Å². The van der Waals surface area contributed by atoms with Crippen LogP contribution in [0.5, 0.6) is 5.75 Å². The Morgan fingerprint density at radius 3 is 2.38 bits per heavy atom. The molecular formula is C20H29NO3. The van der Waals surface area contributed by atoms with Crippen LogP contribution in [0.4, 0.5) is 0 Å². The maximum atomic E-state index is 12.8. The number of rotatable bonds is 4. The lowest BCUT2D eigenvalue weighted by Crippen LogP contribution is -2.46. The van der Waals surface area contributed by atoms with Gasteiger partial charge in [0.25, 0.3) is 0 Å². The zero-order valence-electron chi connectivity index (χ0n) is 15.5. The molecule has 0 N–H and O–H groups in total. The Hall–Kier alpha value is -1.68. The van der Waals surface area contributed by atoms with E-state index in [1.54, 1.807) is 6.07 Å². The zero-order chi connectivity index (χ0) is 18.0. The molecule has 0 atom stereocenters. The van der Waals surface area contributed by atoms with Gasteiger partial charge in [0.1, 0.15) is 11.5 Å². The molecule has 1 aliphatic heterocycles. The Kier molecular flexibility index (Phi) is 5.49. The highest BCUT2D eigenvalue weighted by atomic mass is 16.5. The van der Waals surface area contributed by atoms with Gasteiger partial charge in [0.15, 0.2) is 0 Å². The number of likely N-dealkylation sites (tertiary alicyclic amines) is 1. The molecule has 132 valence electrons. The lowest BCUT2D eigenvalue weighted by molar-refractivity contribution is -0.143. The van der Waals surface area contributed by atoms with Crippen molar-refractivity contribution in [2.45, 2.75) is 52.4 Å². The topological polar surface area (TPSA) is 46.6 Å². The van der Waals surface area contributed by atoms with Gasteiger partial charge in [0.05, 0.1) is 10.8 Å². The van der Waals surface area contributed by atoms with Gasteiger partial charge in [0.2, 0.25) is 0 Å². The van der Waals surface area contributed by atoms with Crippen molar-refractivity contribution >= 4 is 11.8 Å². The Balaban J connectivity index is 2.33. The van der Waals surface area contributed by atoms with Gasteiger partial charge in [-0.05, 0) is 71.4 Å². The van der Waals surface area contributed by atoms with Crippen molar-refractivity contribution in [2.75, 3.05) is 20.1 Å². The predicted molar refractivity (Wildman–Crippen MR) is 95.2 cm³/mol. The van der Waals surface area contributed by atoms with Gasteiger partial charge in [-0.15, -0.1) is 0 Å². The van der Waals surface area contributed by atoms with E-state index < -0.39 is 10.8 Å². The van der Waals surface area contributed by atoms with Crippen LogP contribution < -0.4 is 4.74 Å². The van der Waals surface area contributed by atoms with Gasteiger partial charge in [-0.3, -0.25) is 9.59 Å². The van der Waals surface area contributed by atoms with Gasteiger partial charge in [-0.25, -0.2) is 0 Å². The van der Waals surface area contributed by atoms with Crippen LogP contribution in [0.1, 0.15) is 52.5 Å². The van der Waals surface area contributed by atoms with Crippen molar-refractivity contribution in [2.24, 2.45) is 5.41 Å². The van der Waals surface area contributed by atoms with Crippen LogP contribution in [0.25, 0.3) is 0 Å². The number of ketones is 1. The van der Waals surface area contributed by atoms with Crippen molar-refractivity contribution in [3.05, 3.63) is 29.8 Å². The standard InChI is InChI=1S/C20H29NO3/c1-6-17(22)20(10-12-21(5)13-11-20)15-8-7-9-16(14-15)24-18(23)19(2,3)4/h7-9,14H,6,10-13H2,1-5H3. The molecule has 1 fully saturated rings. The van der Waals surface area contributed by atoms with E-state index in [0.717, 1.165) is 31.5 Å². The zero-order valence-corrected chi connectivity index (χ0v) is 15.5. The van der Waals surface area contributed by atoms with Crippen molar-refractivity contribution in [1.82, 2.24) is 4.90 Å². The van der Waals surface area contributed by atoms with E-state index in [1.165, 1.54) is 0 Å². The molecule has 0 radical (unpaired) electrons. The number of benzene rings is 1. The fraction of sp³-hybridized carbons (Fsp3) is 0.600. The summed E-state index contributed by atoms with van der Waals surface area (Å²) >= 11 is 0. The van der Waals surface area contributed by atoms with Gasteiger partial charge in [0, 0.05) is 6.42 Å². The average Bonchev–Trinajstić information content (AvgIpc) is 2.54. The Morgan fingerprint density at radius 1 is 1.21 bits per heavy atom. The third-order valence-electron chi connectivity index (χ3n) is 4.91. The molecule has 0 aliphatic carbocycles. The van der Waals surface area contributed by atoms with E-state index in [1.807, 2.05) is 45.9 Å². The quantitative estimate of drug-likeness (QED) is 0.625. The number of hydrogen-bond acceptors (Lipinski definition) is 4.